The summed E-state index contributed by atoms with van der Waals surface area (Å²) in [5.74, 6) is 0.746. The van der Waals surface area contributed by atoms with Crippen molar-refractivity contribution in [2.24, 2.45) is 11.7 Å². The van der Waals surface area contributed by atoms with E-state index in [0.717, 1.165) is 19.0 Å². The number of likely N-dealkylation sites (N-methyl/N-ethyl adjacent to an activating group) is 1. The predicted molar refractivity (Wildman–Crippen MR) is 77.3 cm³/mol. The van der Waals surface area contributed by atoms with E-state index in [0.29, 0.717) is 0 Å². The maximum Gasteiger partial charge on any atom is 0.0304 e. The van der Waals surface area contributed by atoms with Crippen molar-refractivity contribution < 1.29 is 0 Å². The molecule has 1 atom stereocenters. The van der Waals surface area contributed by atoms with Gasteiger partial charge in [0.15, 0.2) is 0 Å². The number of hydrogen-bond acceptors (Lipinski definition) is 3. The number of nitrogens with zero attached hydrogens (tertiary/aromatic N) is 1. The van der Waals surface area contributed by atoms with E-state index in [2.05, 4.69) is 49.5 Å². The van der Waals surface area contributed by atoms with Gasteiger partial charge in [-0.2, -0.15) is 11.3 Å². The van der Waals surface area contributed by atoms with E-state index < -0.39 is 0 Å². The Hall–Kier alpha value is -0.380. The molecule has 1 rings (SSSR count). The van der Waals surface area contributed by atoms with E-state index in [9.17, 15) is 0 Å². The maximum atomic E-state index is 5.98. The zero-order valence-electron chi connectivity index (χ0n) is 11.6. The Morgan fingerprint density at radius 1 is 1.47 bits per heavy atom. The normalized spacial score (nSPS) is 15.5. The monoisotopic (exact) mass is 254 g/mol. The Kier molecular flexibility index (Phi) is 5.63. The van der Waals surface area contributed by atoms with Crippen LogP contribution in [0.15, 0.2) is 16.8 Å². The lowest BCUT2D eigenvalue weighted by molar-refractivity contribution is 0.119. The molecule has 0 aliphatic rings. The number of hydrogen-bond donors (Lipinski definition) is 1. The summed E-state index contributed by atoms with van der Waals surface area (Å²) in [6.07, 6.45) is 2.41. The molecule has 0 radical (unpaired) electrons. The molecule has 1 heterocycles. The second-order valence-electron chi connectivity index (χ2n) is 5.62. The second-order valence-corrected chi connectivity index (χ2v) is 6.40. The summed E-state index contributed by atoms with van der Waals surface area (Å²) in [4.78, 5) is 2.40. The molecule has 1 unspecified atom stereocenters. The van der Waals surface area contributed by atoms with Gasteiger partial charge < -0.3 is 5.73 Å². The highest BCUT2D eigenvalue weighted by molar-refractivity contribution is 7.07. The fraction of sp³-hybridized carbons (Fsp3) is 0.714. The topological polar surface area (TPSA) is 29.3 Å². The van der Waals surface area contributed by atoms with Crippen LogP contribution < -0.4 is 5.73 Å². The molecule has 0 saturated heterocycles. The molecule has 17 heavy (non-hydrogen) atoms. The summed E-state index contributed by atoms with van der Waals surface area (Å²) >= 11 is 1.76. The summed E-state index contributed by atoms with van der Waals surface area (Å²) in [6.45, 7) is 8.54. The van der Waals surface area contributed by atoms with Crippen molar-refractivity contribution in [2.75, 3.05) is 13.6 Å². The van der Waals surface area contributed by atoms with Crippen molar-refractivity contribution in [2.45, 2.75) is 45.7 Å². The summed E-state index contributed by atoms with van der Waals surface area (Å²) in [5, 5.41) is 4.35. The van der Waals surface area contributed by atoms with Crippen LogP contribution >= 0.6 is 11.3 Å². The minimum Gasteiger partial charge on any atom is -0.329 e. The third-order valence-electron chi connectivity index (χ3n) is 3.62. The zero-order valence-corrected chi connectivity index (χ0v) is 12.4. The van der Waals surface area contributed by atoms with E-state index in [1.165, 1.54) is 18.4 Å². The fourth-order valence-electron chi connectivity index (χ4n) is 1.90. The van der Waals surface area contributed by atoms with Gasteiger partial charge in [0.1, 0.15) is 0 Å². The molecule has 1 aromatic rings. The van der Waals surface area contributed by atoms with Gasteiger partial charge in [-0.3, -0.25) is 4.90 Å². The highest BCUT2D eigenvalue weighted by atomic mass is 32.1. The largest absolute Gasteiger partial charge is 0.329 e. The zero-order chi connectivity index (χ0) is 12.9. The lowest BCUT2D eigenvalue weighted by atomic mass is 9.90. The summed E-state index contributed by atoms with van der Waals surface area (Å²) < 4.78 is 0. The minimum absolute atomic E-state index is 0.117. The summed E-state index contributed by atoms with van der Waals surface area (Å²) in [6, 6.07) is 2.19. The van der Waals surface area contributed by atoms with Gasteiger partial charge in [0.05, 0.1) is 0 Å². The predicted octanol–water partition coefficient (Wildman–Crippen LogP) is 3.33. The van der Waals surface area contributed by atoms with Crippen LogP contribution in [0.5, 0.6) is 0 Å². The van der Waals surface area contributed by atoms with Crippen LogP contribution in [0, 0.1) is 5.92 Å². The van der Waals surface area contributed by atoms with Gasteiger partial charge in [0.25, 0.3) is 0 Å². The van der Waals surface area contributed by atoms with Gasteiger partial charge in [0, 0.05) is 18.6 Å². The van der Waals surface area contributed by atoms with Crippen molar-refractivity contribution >= 4 is 11.3 Å². The standard InChI is InChI=1S/C14H26N2S/c1-12(2)5-7-14(3,11-15)16(4)9-13-6-8-17-10-13/h6,8,10,12H,5,7,9,11,15H2,1-4H3. The van der Waals surface area contributed by atoms with Crippen LogP contribution in [0.4, 0.5) is 0 Å². The van der Waals surface area contributed by atoms with E-state index in [1.54, 1.807) is 11.3 Å². The number of thiophene rings is 1. The van der Waals surface area contributed by atoms with Crippen molar-refractivity contribution in [3.8, 4) is 0 Å². The molecule has 0 saturated carbocycles. The molecule has 0 fully saturated rings. The van der Waals surface area contributed by atoms with Crippen molar-refractivity contribution in [1.29, 1.82) is 0 Å². The Bertz CT molecular complexity index is 308. The molecule has 2 N–H and O–H groups in total. The van der Waals surface area contributed by atoms with Gasteiger partial charge in [-0.15, -0.1) is 0 Å². The van der Waals surface area contributed by atoms with Gasteiger partial charge in [0.2, 0.25) is 0 Å². The third-order valence-corrected chi connectivity index (χ3v) is 4.35. The Balaban J connectivity index is 2.58. The number of rotatable bonds is 7. The van der Waals surface area contributed by atoms with E-state index in [4.69, 9.17) is 5.73 Å². The van der Waals surface area contributed by atoms with Crippen LogP contribution in [0.25, 0.3) is 0 Å². The third kappa shape index (κ3) is 4.41. The maximum absolute atomic E-state index is 5.98. The van der Waals surface area contributed by atoms with Crippen LogP contribution in [0.1, 0.15) is 39.2 Å². The fourth-order valence-corrected chi connectivity index (χ4v) is 2.56. The smallest absolute Gasteiger partial charge is 0.0304 e. The Labute approximate surface area is 110 Å². The molecule has 3 heteroatoms. The van der Waals surface area contributed by atoms with E-state index >= 15 is 0 Å². The van der Waals surface area contributed by atoms with E-state index in [1.807, 2.05) is 0 Å². The van der Waals surface area contributed by atoms with Gasteiger partial charge in [-0.1, -0.05) is 13.8 Å². The first-order valence-electron chi connectivity index (χ1n) is 6.40. The highest BCUT2D eigenvalue weighted by Crippen LogP contribution is 2.23. The van der Waals surface area contributed by atoms with Gasteiger partial charge in [-0.05, 0) is 55.1 Å². The lowest BCUT2D eigenvalue weighted by Crippen LogP contribution is -2.49. The van der Waals surface area contributed by atoms with Crippen LogP contribution in [-0.4, -0.2) is 24.0 Å². The first kappa shape index (κ1) is 14.7. The van der Waals surface area contributed by atoms with E-state index in [-0.39, 0.29) is 5.54 Å². The molecule has 1 aromatic heterocycles. The van der Waals surface area contributed by atoms with Crippen LogP contribution in [0.2, 0.25) is 0 Å². The molecule has 2 nitrogen and oxygen atoms in total. The molecule has 0 aliphatic carbocycles. The van der Waals surface area contributed by atoms with Crippen LogP contribution in [-0.2, 0) is 6.54 Å². The average molecular weight is 254 g/mol. The van der Waals surface area contributed by atoms with Crippen molar-refractivity contribution in [3.63, 3.8) is 0 Å². The van der Waals surface area contributed by atoms with Crippen LogP contribution in [0.3, 0.4) is 0 Å². The quantitative estimate of drug-likeness (QED) is 0.808. The average Bonchev–Trinajstić information content (AvgIpc) is 2.78. The highest BCUT2D eigenvalue weighted by Gasteiger charge is 2.27. The molecule has 0 aliphatic heterocycles. The minimum atomic E-state index is 0.117. The molecule has 0 bridgehead atoms. The molecular formula is C14H26N2S. The molecule has 0 aromatic carbocycles. The first-order chi connectivity index (χ1) is 7.98. The second kappa shape index (κ2) is 6.53. The van der Waals surface area contributed by atoms with Crippen molar-refractivity contribution in [1.82, 2.24) is 4.90 Å². The summed E-state index contributed by atoms with van der Waals surface area (Å²) in [5.41, 5.74) is 7.49. The van der Waals surface area contributed by atoms with Crippen molar-refractivity contribution in [3.05, 3.63) is 22.4 Å². The molecule has 98 valence electrons. The SMILES string of the molecule is CC(C)CCC(C)(CN)N(C)Cc1ccsc1. The molecular weight excluding hydrogens is 228 g/mol. The Morgan fingerprint density at radius 2 is 2.18 bits per heavy atom. The van der Waals surface area contributed by atoms with Gasteiger partial charge in [-0.25, -0.2) is 0 Å². The molecule has 0 spiro atoms. The van der Waals surface area contributed by atoms with Gasteiger partial charge >= 0.3 is 0 Å². The lowest BCUT2D eigenvalue weighted by Gasteiger charge is -2.38. The first-order valence-corrected chi connectivity index (χ1v) is 7.34. The Morgan fingerprint density at radius 3 is 2.65 bits per heavy atom. The number of nitrogens with two attached hydrogens (primary N) is 1. The summed E-state index contributed by atoms with van der Waals surface area (Å²) in [7, 11) is 2.19. The molecule has 0 amide bonds.